The average molecular weight is 639 g/mol. The average Bonchev–Trinajstić information content (AvgIpc) is 3.77. The topological polar surface area (TPSA) is 126 Å². The van der Waals surface area contributed by atoms with Crippen molar-refractivity contribution in [3.05, 3.63) is 11.6 Å². The van der Waals surface area contributed by atoms with E-state index in [-0.39, 0.29) is 36.5 Å². The number of hydrogen-bond acceptors (Lipinski definition) is 8. The fraction of sp³-hybridized carbons (Fsp3) is 0.919. The third-order valence-corrected chi connectivity index (χ3v) is 10.3. The van der Waals surface area contributed by atoms with Gasteiger partial charge in [0.05, 0.1) is 48.8 Å². The van der Waals surface area contributed by atoms with Gasteiger partial charge < -0.3 is 34.6 Å². The van der Waals surface area contributed by atoms with E-state index in [0.29, 0.717) is 19.3 Å². The second-order valence-electron chi connectivity index (χ2n) is 14.2. The number of cyclic esters (lactones) is 1. The molecular weight excluding hydrogens is 572 g/mol. The molecule has 0 aromatic rings. The summed E-state index contributed by atoms with van der Waals surface area (Å²) in [7, 11) is 0. The van der Waals surface area contributed by atoms with E-state index in [0.717, 1.165) is 95.5 Å². The lowest BCUT2D eigenvalue weighted by atomic mass is 9.98. The molecule has 0 amide bonds. The first-order valence-corrected chi connectivity index (χ1v) is 18.7. The molecule has 262 valence electrons. The van der Waals surface area contributed by atoms with Crippen LogP contribution in [0.1, 0.15) is 162 Å². The molecule has 45 heavy (non-hydrogen) atoms. The van der Waals surface area contributed by atoms with Gasteiger partial charge >= 0.3 is 5.97 Å². The van der Waals surface area contributed by atoms with Crippen molar-refractivity contribution >= 4 is 5.97 Å². The summed E-state index contributed by atoms with van der Waals surface area (Å²) in [6.45, 7) is 4.08. The molecule has 0 radical (unpaired) electrons. The van der Waals surface area contributed by atoms with Gasteiger partial charge in [-0.25, -0.2) is 4.79 Å². The van der Waals surface area contributed by atoms with Crippen LogP contribution in [0.4, 0.5) is 0 Å². The Labute approximate surface area is 273 Å². The first-order valence-electron chi connectivity index (χ1n) is 18.7. The minimum Gasteiger partial charge on any atom is -0.455 e. The predicted octanol–water partition coefficient (Wildman–Crippen LogP) is 6.83. The molecular formula is C37H66O8. The van der Waals surface area contributed by atoms with Crippen molar-refractivity contribution in [3.8, 4) is 0 Å². The maximum Gasteiger partial charge on any atom is 0.331 e. The molecule has 0 aliphatic carbocycles. The minimum atomic E-state index is -0.625. The third kappa shape index (κ3) is 14.7. The number of rotatable bonds is 25. The van der Waals surface area contributed by atoms with Crippen LogP contribution in [0.5, 0.6) is 0 Å². The first-order chi connectivity index (χ1) is 21.8. The summed E-state index contributed by atoms with van der Waals surface area (Å²) in [5.41, 5.74) is 0.889. The summed E-state index contributed by atoms with van der Waals surface area (Å²) in [4.78, 5) is 11.3. The van der Waals surface area contributed by atoms with Gasteiger partial charge in [-0.05, 0) is 76.7 Å². The molecule has 8 heteroatoms. The van der Waals surface area contributed by atoms with Crippen molar-refractivity contribution in [1.82, 2.24) is 0 Å². The van der Waals surface area contributed by atoms with Gasteiger partial charge in [0.1, 0.15) is 6.10 Å². The summed E-state index contributed by atoms with van der Waals surface area (Å²) in [5.74, 6) is -0.306. The lowest BCUT2D eigenvalue weighted by Crippen LogP contribution is -2.33. The first kappa shape index (κ1) is 38.4. The number of carbonyl (C=O) groups is 1. The molecule has 3 heterocycles. The fourth-order valence-corrected chi connectivity index (χ4v) is 7.30. The van der Waals surface area contributed by atoms with E-state index < -0.39 is 24.4 Å². The van der Waals surface area contributed by atoms with E-state index in [9.17, 15) is 25.2 Å². The van der Waals surface area contributed by atoms with Crippen molar-refractivity contribution < 1.29 is 39.4 Å². The molecule has 3 aliphatic heterocycles. The van der Waals surface area contributed by atoms with Crippen LogP contribution < -0.4 is 0 Å². The number of ether oxygens (including phenoxy) is 3. The normalized spacial score (nSPS) is 27.8. The summed E-state index contributed by atoms with van der Waals surface area (Å²) in [6, 6.07) is 0. The Morgan fingerprint density at radius 1 is 0.667 bits per heavy atom. The molecule has 0 bridgehead atoms. The second-order valence-corrected chi connectivity index (χ2v) is 14.2. The molecule has 4 N–H and O–H groups in total. The second kappa shape index (κ2) is 21.8. The van der Waals surface area contributed by atoms with Crippen LogP contribution in [0, 0.1) is 0 Å². The van der Waals surface area contributed by atoms with Gasteiger partial charge in [0.2, 0.25) is 0 Å². The van der Waals surface area contributed by atoms with Gasteiger partial charge in [-0.3, -0.25) is 0 Å². The van der Waals surface area contributed by atoms with E-state index in [1.165, 1.54) is 44.6 Å². The Balaban J connectivity index is 1.16. The molecule has 2 fully saturated rings. The molecule has 3 aliphatic rings. The third-order valence-electron chi connectivity index (χ3n) is 10.3. The van der Waals surface area contributed by atoms with Gasteiger partial charge in [-0.15, -0.1) is 0 Å². The van der Waals surface area contributed by atoms with Crippen molar-refractivity contribution in [2.24, 2.45) is 0 Å². The molecule has 0 aromatic heterocycles. The van der Waals surface area contributed by atoms with Crippen LogP contribution in [0.15, 0.2) is 11.6 Å². The van der Waals surface area contributed by atoms with Gasteiger partial charge in [0.15, 0.2) is 0 Å². The zero-order valence-electron chi connectivity index (χ0n) is 28.5. The van der Waals surface area contributed by atoms with E-state index in [2.05, 4.69) is 6.92 Å². The number of esters is 1. The zero-order chi connectivity index (χ0) is 32.4. The van der Waals surface area contributed by atoms with Crippen LogP contribution in [0.3, 0.4) is 0 Å². The predicted molar refractivity (Wildman–Crippen MR) is 177 cm³/mol. The van der Waals surface area contributed by atoms with Gasteiger partial charge in [-0.2, -0.15) is 0 Å². The maximum absolute atomic E-state index is 11.3. The highest BCUT2D eigenvalue weighted by Gasteiger charge is 2.36. The quantitative estimate of drug-likeness (QED) is 0.0634. The Hall–Kier alpha value is -1.03. The molecule has 8 nitrogen and oxygen atoms in total. The summed E-state index contributed by atoms with van der Waals surface area (Å²) < 4.78 is 17.3. The lowest BCUT2D eigenvalue weighted by Gasteiger charge is -2.24. The Kier molecular flexibility index (Phi) is 18.6. The van der Waals surface area contributed by atoms with Crippen LogP contribution in [-0.4, -0.2) is 81.3 Å². The number of unbranched alkanes of at least 4 members (excludes halogenated alkanes) is 11. The van der Waals surface area contributed by atoms with Crippen LogP contribution in [0.25, 0.3) is 0 Å². The smallest absolute Gasteiger partial charge is 0.331 e. The van der Waals surface area contributed by atoms with Crippen molar-refractivity contribution in [1.29, 1.82) is 0 Å². The van der Waals surface area contributed by atoms with E-state index in [1.807, 2.05) is 6.92 Å². The number of aliphatic hydroxyl groups excluding tert-OH is 4. The highest BCUT2D eigenvalue weighted by molar-refractivity contribution is 5.85. The summed E-state index contributed by atoms with van der Waals surface area (Å²) >= 11 is 0. The van der Waals surface area contributed by atoms with Gasteiger partial charge in [-0.1, -0.05) is 90.4 Å². The number of carbonyl (C=O) groups excluding carboxylic acids is 1. The molecule has 0 spiro atoms. The fourth-order valence-electron chi connectivity index (χ4n) is 7.30. The molecule has 0 unspecified atom stereocenters. The Morgan fingerprint density at radius 3 is 1.78 bits per heavy atom. The molecule has 3 rings (SSSR count). The van der Waals surface area contributed by atoms with E-state index in [4.69, 9.17) is 14.2 Å². The summed E-state index contributed by atoms with van der Waals surface area (Å²) in [5, 5.41) is 42.4. The highest BCUT2D eigenvalue weighted by Crippen LogP contribution is 2.31. The molecule has 0 saturated carbocycles. The Morgan fingerprint density at radius 2 is 1.18 bits per heavy atom. The maximum atomic E-state index is 11.3. The number of aliphatic hydroxyl groups is 4. The standard InChI is InChI=1S/C37H66O8/c1-3-4-5-6-7-8-12-15-18-31(39)35-23-24-36(45-35)33(41)21-20-32(40)34-22-19-30(44-34)17-14-11-9-10-13-16-29(38)25-28-26-37(42)43-27(28)2/h26-27,29-36,38-41H,3-25H2,1-2H3/t27-,29+,30-,31-,32-,33-,34-,35+,36-/m0/s1. The van der Waals surface area contributed by atoms with Gasteiger partial charge in [0.25, 0.3) is 0 Å². The van der Waals surface area contributed by atoms with Gasteiger partial charge in [0, 0.05) is 6.08 Å². The monoisotopic (exact) mass is 638 g/mol. The zero-order valence-corrected chi connectivity index (χ0v) is 28.5. The van der Waals surface area contributed by atoms with Crippen LogP contribution >= 0.6 is 0 Å². The van der Waals surface area contributed by atoms with Crippen LogP contribution in [0.2, 0.25) is 0 Å². The van der Waals surface area contributed by atoms with E-state index >= 15 is 0 Å². The van der Waals surface area contributed by atoms with Crippen LogP contribution in [-0.2, 0) is 19.0 Å². The number of hydrogen-bond donors (Lipinski definition) is 4. The van der Waals surface area contributed by atoms with Crippen molar-refractivity contribution in [2.45, 2.75) is 216 Å². The lowest BCUT2D eigenvalue weighted by molar-refractivity contribution is -0.138. The van der Waals surface area contributed by atoms with Crippen molar-refractivity contribution in [3.63, 3.8) is 0 Å². The largest absolute Gasteiger partial charge is 0.455 e. The molecule has 9 atom stereocenters. The molecule has 0 aromatic carbocycles. The SMILES string of the molecule is CCCCCCCCCC[C@H](O)[C@H]1CC[C@@H]([C@@H](O)CC[C@H](O)[C@@H]2CC[C@H](CCCCCCC[C@@H](O)CC3=CC(=O)O[C@H]3C)O2)O1. The highest BCUT2D eigenvalue weighted by atomic mass is 16.5. The minimum absolute atomic E-state index is 0.159. The summed E-state index contributed by atoms with van der Waals surface area (Å²) in [6.07, 6.45) is 21.6. The molecule has 2 saturated heterocycles. The van der Waals surface area contributed by atoms with Crippen molar-refractivity contribution in [2.75, 3.05) is 0 Å². The Bertz CT molecular complexity index is 833. The van der Waals surface area contributed by atoms with E-state index in [1.54, 1.807) is 0 Å².